The Morgan fingerprint density at radius 2 is 2.38 bits per heavy atom. The Balaban J connectivity index is 2.66. The molecule has 13 heavy (non-hydrogen) atoms. The highest BCUT2D eigenvalue weighted by Gasteiger charge is 2.28. The van der Waals surface area contributed by atoms with Crippen LogP contribution in [-0.2, 0) is 9.53 Å². The molecule has 0 saturated carbocycles. The molecule has 0 unspecified atom stereocenters. The Morgan fingerprint density at radius 1 is 1.77 bits per heavy atom. The van der Waals surface area contributed by atoms with Gasteiger partial charge in [-0.2, -0.15) is 0 Å². The topological polar surface area (TPSA) is 46.5 Å². The van der Waals surface area contributed by atoms with Gasteiger partial charge in [0, 0.05) is 0 Å². The number of cyclic esters (lactones) is 1. The summed E-state index contributed by atoms with van der Waals surface area (Å²) < 4.78 is 5.24. The molecule has 0 aliphatic carbocycles. The zero-order valence-electron chi connectivity index (χ0n) is 7.45. The molecule has 3 nitrogen and oxygen atoms in total. The normalized spacial score (nSPS) is 23.5. The number of esters is 1. The fourth-order valence-corrected chi connectivity index (χ4v) is 1.38. The van der Waals surface area contributed by atoms with Crippen LogP contribution in [0.25, 0.3) is 0 Å². The number of aliphatic hydroxyl groups excluding tert-OH is 1. The lowest BCUT2D eigenvalue weighted by molar-refractivity contribution is -0.141. The van der Waals surface area contributed by atoms with E-state index in [9.17, 15) is 9.90 Å². The SMILES string of the molecule is CC(C)=C[C@@H](O)[C@H]1C=C(Br)C(=O)O1. The van der Waals surface area contributed by atoms with Crippen molar-refractivity contribution in [3.63, 3.8) is 0 Å². The molecule has 0 radical (unpaired) electrons. The van der Waals surface area contributed by atoms with E-state index in [1.807, 2.05) is 13.8 Å². The van der Waals surface area contributed by atoms with Gasteiger partial charge in [-0.05, 0) is 35.9 Å². The van der Waals surface area contributed by atoms with Gasteiger partial charge in [-0.25, -0.2) is 4.79 Å². The number of aliphatic hydroxyl groups is 1. The first-order chi connectivity index (χ1) is 6.00. The number of ether oxygens (including phenoxy) is 1. The molecule has 72 valence electrons. The second-order valence-corrected chi connectivity index (χ2v) is 3.97. The highest BCUT2D eigenvalue weighted by molar-refractivity contribution is 9.12. The number of carbonyl (C=O) groups excluding carboxylic acids is 1. The zero-order valence-corrected chi connectivity index (χ0v) is 9.04. The third-order valence-electron chi connectivity index (χ3n) is 1.59. The highest BCUT2D eigenvalue weighted by atomic mass is 79.9. The average molecular weight is 247 g/mol. The van der Waals surface area contributed by atoms with Gasteiger partial charge in [-0.3, -0.25) is 0 Å². The van der Waals surface area contributed by atoms with E-state index in [-0.39, 0.29) is 0 Å². The summed E-state index contributed by atoms with van der Waals surface area (Å²) in [5.74, 6) is -0.425. The van der Waals surface area contributed by atoms with Gasteiger partial charge < -0.3 is 9.84 Å². The number of allylic oxidation sites excluding steroid dienone is 1. The zero-order chi connectivity index (χ0) is 10.0. The quantitative estimate of drug-likeness (QED) is 0.594. The van der Waals surface area contributed by atoms with Crippen LogP contribution >= 0.6 is 15.9 Å². The summed E-state index contributed by atoms with van der Waals surface area (Å²) >= 11 is 3.03. The maximum atomic E-state index is 10.9. The number of hydrogen-bond donors (Lipinski definition) is 1. The van der Waals surface area contributed by atoms with Gasteiger partial charge in [0.1, 0.15) is 10.6 Å². The molecule has 2 atom stereocenters. The smallest absolute Gasteiger partial charge is 0.345 e. The molecular weight excluding hydrogens is 236 g/mol. The molecule has 0 aromatic carbocycles. The lowest BCUT2D eigenvalue weighted by Crippen LogP contribution is -2.23. The fourth-order valence-electron chi connectivity index (χ4n) is 1.03. The molecule has 0 bridgehead atoms. The summed E-state index contributed by atoms with van der Waals surface area (Å²) in [6.45, 7) is 3.75. The third-order valence-corrected chi connectivity index (χ3v) is 2.18. The Bertz CT molecular complexity index is 277. The first-order valence-electron chi connectivity index (χ1n) is 3.92. The van der Waals surface area contributed by atoms with Crippen LogP contribution in [0.1, 0.15) is 13.8 Å². The Kier molecular flexibility index (Phi) is 3.27. The first-order valence-corrected chi connectivity index (χ1v) is 4.71. The van der Waals surface area contributed by atoms with E-state index >= 15 is 0 Å². The average Bonchev–Trinajstić information content (AvgIpc) is 2.31. The van der Waals surface area contributed by atoms with Gasteiger partial charge in [0.2, 0.25) is 0 Å². The van der Waals surface area contributed by atoms with Gasteiger partial charge in [0.15, 0.2) is 6.10 Å². The second-order valence-electron chi connectivity index (χ2n) is 3.12. The van der Waals surface area contributed by atoms with Crippen molar-refractivity contribution in [1.29, 1.82) is 0 Å². The number of hydrogen-bond acceptors (Lipinski definition) is 3. The van der Waals surface area contributed by atoms with Crippen molar-refractivity contribution in [2.75, 3.05) is 0 Å². The lowest BCUT2D eigenvalue weighted by Gasteiger charge is -2.12. The summed E-state index contributed by atoms with van der Waals surface area (Å²) in [7, 11) is 0. The Labute approximate surface area is 85.2 Å². The molecule has 0 spiro atoms. The van der Waals surface area contributed by atoms with E-state index in [0.717, 1.165) is 5.57 Å². The van der Waals surface area contributed by atoms with Crippen LogP contribution in [0, 0.1) is 0 Å². The number of halogens is 1. The predicted octanol–water partition coefficient (Wildman–Crippen LogP) is 1.52. The summed E-state index contributed by atoms with van der Waals surface area (Å²) in [5, 5.41) is 9.54. The lowest BCUT2D eigenvalue weighted by atomic mass is 10.1. The summed E-state index contributed by atoms with van der Waals surface area (Å²) in [6, 6.07) is 0. The van der Waals surface area contributed by atoms with E-state index in [2.05, 4.69) is 15.9 Å². The monoisotopic (exact) mass is 246 g/mol. The minimum absolute atomic E-state index is 0.374. The molecule has 0 fully saturated rings. The summed E-state index contributed by atoms with van der Waals surface area (Å²) in [6.07, 6.45) is 1.90. The largest absolute Gasteiger partial charge is 0.451 e. The number of rotatable bonds is 2. The van der Waals surface area contributed by atoms with E-state index in [0.29, 0.717) is 4.48 Å². The third kappa shape index (κ3) is 2.67. The van der Waals surface area contributed by atoms with Crippen LogP contribution < -0.4 is 0 Å². The molecule has 0 amide bonds. The van der Waals surface area contributed by atoms with Crippen molar-refractivity contribution in [1.82, 2.24) is 0 Å². The van der Waals surface area contributed by atoms with Gasteiger partial charge in [0.05, 0.1) is 0 Å². The molecule has 0 aromatic heterocycles. The van der Waals surface area contributed by atoms with Crippen molar-refractivity contribution in [3.8, 4) is 0 Å². The minimum Gasteiger partial charge on any atom is -0.451 e. The maximum Gasteiger partial charge on any atom is 0.345 e. The van der Waals surface area contributed by atoms with Crippen molar-refractivity contribution in [2.24, 2.45) is 0 Å². The minimum atomic E-state index is -0.760. The first kappa shape index (κ1) is 10.5. The van der Waals surface area contributed by atoms with Gasteiger partial charge in [0.25, 0.3) is 0 Å². The molecule has 1 N–H and O–H groups in total. The van der Waals surface area contributed by atoms with Crippen molar-refractivity contribution in [3.05, 3.63) is 22.2 Å². The molecule has 0 aromatic rings. The van der Waals surface area contributed by atoms with E-state index < -0.39 is 18.2 Å². The molecule has 0 saturated heterocycles. The van der Waals surface area contributed by atoms with Crippen molar-refractivity contribution in [2.45, 2.75) is 26.1 Å². The van der Waals surface area contributed by atoms with Crippen LogP contribution in [0.2, 0.25) is 0 Å². The Morgan fingerprint density at radius 3 is 2.77 bits per heavy atom. The maximum absolute atomic E-state index is 10.9. The van der Waals surface area contributed by atoms with Crippen LogP contribution in [-0.4, -0.2) is 23.3 Å². The van der Waals surface area contributed by atoms with E-state index in [4.69, 9.17) is 4.74 Å². The Hall–Kier alpha value is -0.610. The van der Waals surface area contributed by atoms with E-state index in [1.54, 1.807) is 12.2 Å². The van der Waals surface area contributed by atoms with Crippen LogP contribution in [0.15, 0.2) is 22.2 Å². The van der Waals surface area contributed by atoms with Crippen LogP contribution in [0.3, 0.4) is 0 Å². The molecule has 1 rings (SSSR count). The van der Waals surface area contributed by atoms with Gasteiger partial charge in [-0.15, -0.1) is 0 Å². The molecule has 1 heterocycles. The number of carbonyl (C=O) groups is 1. The second kappa shape index (κ2) is 4.07. The van der Waals surface area contributed by atoms with Crippen LogP contribution in [0.5, 0.6) is 0 Å². The summed E-state index contributed by atoms with van der Waals surface area (Å²) in [5.41, 5.74) is 0.986. The predicted molar refractivity (Wildman–Crippen MR) is 52.3 cm³/mol. The van der Waals surface area contributed by atoms with Crippen molar-refractivity contribution >= 4 is 21.9 Å². The van der Waals surface area contributed by atoms with E-state index in [1.165, 1.54) is 0 Å². The molecular formula is C9H11BrO3. The molecule has 1 aliphatic rings. The fraction of sp³-hybridized carbons (Fsp3) is 0.444. The highest BCUT2D eigenvalue weighted by Crippen LogP contribution is 2.21. The molecule has 4 heteroatoms. The standard InChI is InChI=1S/C9H11BrO3/c1-5(2)3-7(11)8-4-6(10)9(12)13-8/h3-4,7-8,11H,1-2H3/t7-,8-/m1/s1. The van der Waals surface area contributed by atoms with Crippen molar-refractivity contribution < 1.29 is 14.6 Å². The summed E-state index contributed by atoms with van der Waals surface area (Å²) in [4.78, 5) is 10.9. The van der Waals surface area contributed by atoms with Crippen LogP contribution in [0.4, 0.5) is 0 Å². The molecule has 1 aliphatic heterocycles. The van der Waals surface area contributed by atoms with Gasteiger partial charge >= 0.3 is 5.97 Å². The van der Waals surface area contributed by atoms with Gasteiger partial charge in [-0.1, -0.05) is 11.6 Å².